The van der Waals surface area contributed by atoms with Crippen molar-refractivity contribution in [2.24, 2.45) is 0 Å². The number of halogens is 1. The first kappa shape index (κ1) is 13.1. The van der Waals surface area contributed by atoms with E-state index in [1.54, 1.807) is 18.2 Å². The van der Waals surface area contributed by atoms with Gasteiger partial charge in [-0.1, -0.05) is 12.1 Å². The van der Waals surface area contributed by atoms with Crippen LogP contribution in [0.1, 0.15) is 23.7 Å². The topological polar surface area (TPSA) is 49.9 Å². The molecule has 20 heavy (non-hydrogen) atoms. The van der Waals surface area contributed by atoms with E-state index < -0.39 is 0 Å². The Labute approximate surface area is 117 Å². The molecule has 1 atom stereocenters. The number of aromatic nitrogens is 2. The van der Waals surface area contributed by atoms with Gasteiger partial charge in [-0.15, -0.1) is 0 Å². The van der Waals surface area contributed by atoms with Gasteiger partial charge in [0.05, 0.1) is 12.3 Å². The molecule has 1 aromatic carbocycles. The summed E-state index contributed by atoms with van der Waals surface area (Å²) in [5.41, 5.74) is 2.14. The summed E-state index contributed by atoms with van der Waals surface area (Å²) in [5.74, 6) is 0.481. The van der Waals surface area contributed by atoms with Gasteiger partial charge in [-0.25, -0.2) is 4.39 Å². The van der Waals surface area contributed by atoms with Gasteiger partial charge in [-0.2, -0.15) is 5.10 Å². The van der Waals surface area contributed by atoms with Gasteiger partial charge in [0.2, 0.25) is 0 Å². The fourth-order valence-electron chi connectivity index (χ4n) is 2.46. The summed E-state index contributed by atoms with van der Waals surface area (Å²) in [6, 6.07) is 8.54. The van der Waals surface area contributed by atoms with E-state index in [1.165, 1.54) is 6.07 Å². The minimum Gasteiger partial charge on any atom is -0.490 e. The van der Waals surface area contributed by atoms with E-state index in [1.807, 2.05) is 0 Å². The van der Waals surface area contributed by atoms with Crippen molar-refractivity contribution in [3.8, 4) is 5.75 Å². The van der Waals surface area contributed by atoms with Crippen molar-refractivity contribution in [1.82, 2.24) is 15.5 Å². The molecule has 2 N–H and O–H groups in total. The smallest absolute Gasteiger partial charge is 0.165 e. The second-order valence-corrected chi connectivity index (χ2v) is 5.04. The monoisotopic (exact) mass is 275 g/mol. The van der Waals surface area contributed by atoms with Crippen LogP contribution in [0.3, 0.4) is 0 Å². The Morgan fingerprint density at radius 3 is 3.05 bits per heavy atom. The molecule has 1 fully saturated rings. The number of benzene rings is 1. The molecule has 0 amide bonds. The van der Waals surface area contributed by atoms with E-state index in [0.717, 1.165) is 30.9 Å². The number of ether oxygens (including phenoxy) is 1. The predicted octanol–water partition coefficient (Wildman–Crippen LogP) is 2.25. The Morgan fingerprint density at radius 1 is 1.35 bits per heavy atom. The minimum atomic E-state index is -0.324. The van der Waals surface area contributed by atoms with E-state index in [4.69, 9.17) is 4.74 Å². The van der Waals surface area contributed by atoms with Gasteiger partial charge in [0, 0.05) is 24.6 Å². The number of H-pyrrole nitrogens is 1. The second-order valence-electron chi connectivity index (χ2n) is 5.04. The summed E-state index contributed by atoms with van der Waals surface area (Å²) in [5, 5.41) is 10.7. The van der Waals surface area contributed by atoms with E-state index in [2.05, 4.69) is 21.6 Å². The van der Waals surface area contributed by atoms with Gasteiger partial charge < -0.3 is 10.1 Å². The highest BCUT2D eigenvalue weighted by Crippen LogP contribution is 2.21. The van der Waals surface area contributed by atoms with Gasteiger partial charge >= 0.3 is 0 Å². The molecule has 0 unspecified atom stereocenters. The quantitative estimate of drug-likeness (QED) is 0.880. The SMILES string of the molecule is Fc1ccccc1OCCc1cc([C@@H]2CCNC2)n[nH]1. The summed E-state index contributed by atoms with van der Waals surface area (Å²) >= 11 is 0. The highest BCUT2D eigenvalue weighted by Gasteiger charge is 2.19. The standard InChI is InChI=1S/C15H18FN3O/c16-13-3-1-2-4-15(13)20-8-6-12-9-14(19-18-12)11-5-7-17-10-11/h1-4,9,11,17H,5-8,10H2,(H,18,19)/t11-/m1/s1. The molecule has 3 rings (SSSR count). The molecule has 1 aliphatic heterocycles. The number of hydrogen-bond donors (Lipinski definition) is 2. The van der Waals surface area contributed by atoms with Crippen LogP contribution in [0.2, 0.25) is 0 Å². The molecule has 0 saturated carbocycles. The van der Waals surface area contributed by atoms with Crippen LogP contribution in [0.25, 0.3) is 0 Å². The van der Waals surface area contributed by atoms with E-state index >= 15 is 0 Å². The van der Waals surface area contributed by atoms with E-state index in [9.17, 15) is 4.39 Å². The lowest BCUT2D eigenvalue weighted by molar-refractivity contribution is 0.304. The lowest BCUT2D eigenvalue weighted by atomic mass is 10.0. The first-order valence-electron chi connectivity index (χ1n) is 6.95. The fourth-order valence-corrected chi connectivity index (χ4v) is 2.46. The van der Waals surface area contributed by atoms with Crippen LogP contribution in [0.4, 0.5) is 4.39 Å². The first-order valence-corrected chi connectivity index (χ1v) is 6.95. The van der Waals surface area contributed by atoms with Crippen LogP contribution in [0.15, 0.2) is 30.3 Å². The van der Waals surface area contributed by atoms with Crippen molar-refractivity contribution in [1.29, 1.82) is 0 Å². The van der Waals surface area contributed by atoms with Gasteiger partial charge in [0.1, 0.15) is 0 Å². The number of hydrogen-bond acceptors (Lipinski definition) is 3. The Kier molecular flexibility index (Phi) is 3.97. The Bertz CT molecular complexity index is 564. The Hall–Kier alpha value is -1.88. The third kappa shape index (κ3) is 2.99. The number of nitrogens with one attached hydrogen (secondary N) is 2. The van der Waals surface area contributed by atoms with E-state index in [-0.39, 0.29) is 5.82 Å². The van der Waals surface area contributed by atoms with Crippen LogP contribution in [-0.4, -0.2) is 29.9 Å². The maximum Gasteiger partial charge on any atom is 0.165 e. The molecule has 1 aliphatic rings. The summed E-state index contributed by atoms with van der Waals surface area (Å²) in [4.78, 5) is 0. The average molecular weight is 275 g/mol. The van der Waals surface area contributed by atoms with Crippen LogP contribution in [0, 0.1) is 5.82 Å². The zero-order valence-corrected chi connectivity index (χ0v) is 11.2. The predicted molar refractivity (Wildman–Crippen MR) is 74.4 cm³/mol. The normalized spacial score (nSPS) is 18.4. The van der Waals surface area contributed by atoms with Crippen molar-refractivity contribution in [2.75, 3.05) is 19.7 Å². The van der Waals surface area contributed by atoms with Crippen LogP contribution in [-0.2, 0) is 6.42 Å². The van der Waals surface area contributed by atoms with E-state index in [0.29, 0.717) is 24.7 Å². The zero-order valence-electron chi connectivity index (χ0n) is 11.2. The van der Waals surface area contributed by atoms with Crippen LogP contribution in [0.5, 0.6) is 5.75 Å². The number of para-hydroxylation sites is 1. The molecule has 4 nitrogen and oxygen atoms in total. The van der Waals surface area contributed by atoms with Crippen molar-refractivity contribution >= 4 is 0 Å². The molecule has 0 bridgehead atoms. The van der Waals surface area contributed by atoms with Crippen molar-refractivity contribution < 1.29 is 9.13 Å². The van der Waals surface area contributed by atoms with Gasteiger partial charge in [0.15, 0.2) is 11.6 Å². The van der Waals surface area contributed by atoms with Crippen molar-refractivity contribution in [3.05, 3.63) is 47.5 Å². The largest absolute Gasteiger partial charge is 0.490 e. The van der Waals surface area contributed by atoms with Gasteiger partial charge in [0.25, 0.3) is 0 Å². The minimum absolute atomic E-state index is 0.298. The van der Waals surface area contributed by atoms with Gasteiger partial charge in [-0.3, -0.25) is 5.10 Å². The maximum absolute atomic E-state index is 13.4. The van der Waals surface area contributed by atoms with Crippen molar-refractivity contribution in [3.63, 3.8) is 0 Å². The van der Waals surface area contributed by atoms with Crippen molar-refractivity contribution in [2.45, 2.75) is 18.8 Å². The maximum atomic E-state index is 13.4. The summed E-state index contributed by atoms with van der Waals surface area (Å²) < 4.78 is 18.8. The van der Waals surface area contributed by atoms with Crippen LogP contribution >= 0.6 is 0 Å². The zero-order chi connectivity index (χ0) is 13.8. The van der Waals surface area contributed by atoms with Gasteiger partial charge in [-0.05, 0) is 31.2 Å². The molecule has 0 aliphatic carbocycles. The number of aromatic amines is 1. The molecule has 5 heteroatoms. The summed E-state index contributed by atoms with van der Waals surface area (Å²) in [6.07, 6.45) is 1.83. The second kappa shape index (κ2) is 6.05. The molecular weight excluding hydrogens is 257 g/mol. The fraction of sp³-hybridized carbons (Fsp3) is 0.400. The lowest BCUT2D eigenvalue weighted by Crippen LogP contribution is -2.08. The van der Waals surface area contributed by atoms with Crippen LogP contribution < -0.4 is 10.1 Å². The Morgan fingerprint density at radius 2 is 2.25 bits per heavy atom. The molecule has 2 aromatic rings. The highest BCUT2D eigenvalue weighted by atomic mass is 19.1. The number of rotatable bonds is 5. The number of nitrogens with zero attached hydrogens (tertiary/aromatic N) is 1. The molecule has 1 saturated heterocycles. The molecule has 2 heterocycles. The Balaban J connectivity index is 1.52. The third-order valence-electron chi connectivity index (χ3n) is 3.59. The molecular formula is C15H18FN3O. The third-order valence-corrected chi connectivity index (χ3v) is 3.59. The highest BCUT2D eigenvalue weighted by molar-refractivity contribution is 5.23. The molecule has 1 aromatic heterocycles. The summed E-state index contributed by atoms with van der Waals surface area (Å²) in [7, 11) is 0. The molecule has 106 valence electrons. The lowest BCUT2D eigenvalue weighted by Gasteiger charge is -2.05. The molecule has 0 spiro atoms. The summed E-state index contributed by atoms with van der Waals surface area (Å²) in [6.45, 7) is 2.49. The first-order chi connectivity index (χ1) is 9.83. The average Bonchev–Trinajstić information content (AvgIpc) is 3.11. The molecule has 0 radical (unpaired) electrons.